The van der Waals surface area contributed by atoms with Crippen LogP contribution in [0.3, 0.4) is 0 Å². The Morgan fingerprint density at radius 3 is 2.76 bits per heavy atom. The quantitative estimate of drug-likeness (QED) is 0.659. The van der Waals surface area contributed by atoms with E-state index in [1.807, 2.05) is 20.9 Å². The van der Waals surface area contributed by atoms with E-state index < -0.39 is 0 Å². The Kier molecular flexibility index (Phi) is 4.98. The third-order valence-corrected chi connectivity index (χ3v) is 4.15. The topological polar surface area (TPSA) is 55.9 Å². The SMILES string of the molecule is CCc1nn(C)c(CC(NN)c2cc(F)ccc2C)c1Cl. The Hall–Kier alpha value is -1.43. The fourth-order valence-corrected chi connectivity index (χ4v) is 2.85. The van der Waals surface area contributed by atoms with Crippen molar-refractivity contribution in [1.29, 1.82) is 0 Å². The lowest BCUT2D eigenvalue weighted by Crippen LogP contribution is -2.30. The van der Waals surface area contributed by atoms with Gasteiger partial charge in [0, 0.05) is 13.5 Å². The summed E-state index contributed by atoms with van der Waals surface area (Å²) < 4.78 is 15.3. The van der Waals surface area contributed by atoms with Crippen molar-refractivity contribution < 1.29 is 4.39 Å². The molecule has 0 spiro atoms. The van der Waals surface area contributed by atoms with Crippen LogP contribution in [0.2, 0.25) is 5.02 Å². The summed E-state index contributed by atoms with van der Waals surface area (Å²) in [5, 5.41) is 5.05. The van der Waals surface area contributed by atoms with Crippen LogP contribution in [0, 0.1) is 12.7 Å². The first-order chi connectivity index (χ1) is 9.97. The van der Waals surface area contributed by atoms with Gasteiger partial charge in [-0.05, 0) is 36.6 Å². The lowest BCUT2D eigenvalue weighted by molar-refractivity contribution is 0.522. The van der Waals surface area contributed by atoms with Crippen LogP contribution in [0.15, 0.2) is 18.2 Å². The number of halogens is 2. The van der Waals surface area contributed by atoms with Gasteiger partial charge in [-0.15, -0.1) is 0 Å². The van der Waals surface area contributed by atoms with Gasteiger partial charge < -0.3 is 0 Å². The van der Waals surface area contributed by atoms with Gasteiger partial charge in [-0.25, -0.2) is 4.39 Å². The standard InChI is InChI=1S/C15H20ClFN4/c1-4-12-15(16)14(21(3)20-12)8-13(19-18)11-7-10(17)6-5-9(11)2/h5-7,13,19H,4,8,18H2,1-3H3. The number of benzene rings is 1. The van der Waals surface area contributed by atoms with Crippen LogP contribution in [0.1, 0.15) is 35.5 Å². The number of hydrogen-bond donors (Lipinski definition) is 2. The first-order valence-electron chi connectivity index (χ1n) is 6.90. The van der Waals surface area contributed by atoms with Crippen LogP contribution >= 0.6 is 11.6 Å². The highest BCUT2D eigenvalue weighted by molar-refractivity contribution is 6.31. The van der Waals surface area contributed by atoms with E-state index >= 15 is 0 Å². The molecule has 2 rings (SSSR count). The number of nitrogens with one attached hydrogen (secondary N) is 1. The second-order valence-electron chi connectivity index (χ2n) is 5.11. The number of hydrazine groups is 1. The molecule has 4 nitrogen and oxygen atoms in total. The molecular weight excluding hydrogens is 291 g/mol. The van der Waals surface area contributed by atoms with E-state index in [1.165, 1.54) is 12.1 Å². The van der Waals surface area contributed by atoms with Gasteiger partial charge in [0.15, 0.2) is 0 Å². The van der Waals surface area contributed by atoms with Gasteiger partial charge in [0.25, 0.3) is 0 Å². The van der Waals surface area contributed by atoms with E-state index in [-0.39, 0.29) is 11.9 Å². The van der Waals surface area contributed by atoms with Gasteiger partial charge in [0.2, 0.25) is 0 Å². The van der Waals surface area contributed by atoms with Crippen molar-refractivity contribution in [2.24, 2.45) is 12.9 Å². The van der Waals surface area contributed by atoms with Crippen LogP contribution in [-0.2, 0) is 19.9 Å². The largest absolute Gasteiger partial charge is 0.271 e. The van der Waals surface area contributed by atoms with Crippen molar-refractivity contribution in [1.82, 2.24) is 15.2 Å². The van der Waals surface area contributed by atoms with Crippen molar-refractivity contribution in [2.45, 2.75) is 32.7 Å². The molecule has 1 aromatic carbocycles. The van der Waals surface area contributed by atoms with E-state index in [1.54, 1.807) is 10.7 Å². The smallest absolute Gasteiger partial charge is 0.123 e. The van der Waals surface area contributed by atoms with Gasteiger partial charge >= 0.3 is 0 Å². The second kappa shape index (κ2) is 6.56. The van der Waals surface area contributed by atoms with Gasteiger partial charge in [0.1, 0.15) is 5.82 Å². The molecule has 1 unspecified atom stereocenters. The molecule has 0 radical (unpaired) electrons. The third-order valence-electron chi connectivity index (χ3n) is 3.72. The summed E-state index contributed by atoms with van der Waals surface area (Å²) in [5.41, 5.74) is 6.31. The highest BCUT2D eigenvalue weighted by Gasteiger charge is 2.20. The lowest BCUT2D eigenvalue weighted by Gasteiger charge is -2.19. The third kappa shape index (κ3) is 3.26. The first-order valence-corrected chi connectivity index (χ1v) is 7.28. The minimum atomic E-state index is -0.277. The minimum Gasteiger partial charge on any atom is -0.271 e. The van der Waals surface area contributed by atoms with E-state index in [0.717, 1.165) is 28.9 Å². The predicted molar refractivity (Wildman–Crippen MR) is 82.5 cm³/mol. The molecule has 0 fully saturated rings. The summed E-state index contributed by atoms with van der Waals surface area (Å²) in [5.74, 6) is 5.39. The number of rotatable bonds is 5. The molecule has 1 aromatic heterocycles. The van der Waals surface area contributed by atoms with Crippen molar-refractivity contribution in [3.63, 3.8) is 0 Å². The second-order valence-corrected chi connectivity index (χ2v) is 5.49. The highest BCUT2D eigenvalue weighted by atomic mass is 35.5. The lowest BCUT2D eigenvalue weighted by atomic mass is 9.97. The molecular formula is C15H20ClFN4. The fraction of sp³-hybridized carbons (Fsp3) is 0.400. The zero-order chi connectivity index (χ0) is 15.6. The summed E-state index contributed by atoms with van der Waals surface area (Å²) in [4.78, 5) is 0. The number of aryl methyl sites for hydroxylation is 3. The molecule has 0 saturated carbocycles. The number of nitrogens with two attached hydrogens (primary N) is 1. The number of aromatic nitrogens is 2. The molecule has 114 valence electrons. The zero-order valence-electron chi connectivity index (χ0n) is 12.5. The maximum absolute atomic E-state index is 13.5. The molecule has 3 N–H and O–H groups in total. The Morgan fingerprint density at radius 1 is 1.48 bits per heavy atom. The molecule has 0 aliphatic heterocycles. The summed E-state index contributed by atoms with van der Waals surface area (Å²) in [6.07, 6.45) is 1.31. The number of hydrogen-bond acceptors (Lipinski definition) is 3. The van der Waals surface area contributed by atoms with Crippen molar-refractivity contribution in [2.75, 3.05) is 0 Å². The van der Waals surface area contributed by atoms with E-state index in [4.69, 9.17) is 17.4 Å². The average Bonchev–Trinajstić information content (AvgIpc) is 2.74. The van der Waals surface area contributed by atoms with E-state index in [2.05, 4.69) is 10.5 Å². The van der Waals surface area contributed by atoms with E-state index in [9.17, 15) is 4.39 Å². The molecule has 21 heavy (non-hydrogen) atoms. The molecule has 0 amide bonds. The molecule has 1 atom stereocenters. The van der Waals surface area contributed by atoms with Gasteiger partial charge in [-0.3, -0.25) is 16.0 Å². The van der Waals surface area contributed by atoms with Crippen molar-refractivity contribution >= 4 is 11.6 Å². The fourth-order valence-electron chi connectivity index (χ4n) is 2.48. The van der Waals surface area contributed by atoms with Crippen LogP contribution in [0.4, 0.5) is 4.39 Å². The normalized spacial score (nSPS) is 12.7. The molecule has 2 aromatic rings. The van der Waals surface area contributed by atoms with E-state index in [0.29, 0.717) is 11.4 Å². The van der Waals surface area contributed by atoms with Crippen LogP contribution in [-0.4, -0.2) is 9.78 Å². The van der Waals surface area contributed by atoms with Crippen molar-refractivity contribution in [3.05, 3.63) is 51.6 Å². The van der Waals surface area contributed by atoms with Gasteiger partial charge in [0.05, 0.1) is 22.5 Å². The minimum absolute atomic E-state index is 0.224. The Labute approximate surface area is 129 Å². The summed E-state index contributed by atoms with van der Waals surface area (Å²) in [6, 6.07) is 4.47. The van der Waals surface area contributed by atoms with Crippen LogP contribution < -0.4 is 11.3 Å². The Morgan fingerprint density at radius 2 is 2.19 bits per heavy atom. The molecule has 0 bridgehead atoms. The Balaban J connectivity index is 2.36. The van der Waals surface area contributed by atoms with Gasteiger partial charge in [-0.2, -0.15) is 5.10 Å². The zero-order valence-corrected chi connectivity index (χ0v) is 13.2. The van der Waals surface area contributed by atoms with Crippen molar-refractivity contribution in [3.8, 4) is 0 Å². The maximum Gasteiger partial charge on any atom is 0.123 e. The van der Waals surface area contributed by atoms with Crippen LogP contribution in [0.25, 0.3) is 0 Å². The monoisotopic (exact) mass is 310 g/mol. The maximum atomic E-state index is 13.5. The first kappa shape index (κ1) is 15.9. The Bertz CT molecular complexity index is 639. The molecule has 6 heteroatoms. The highest BCUT2D eigenvalue weighted by Crippen LogP contribution is 2.27. The molecule has 0 saturated heterocycles. The summed E-state index contributed by atoms with van der Waals surface area (Å²) in [7, 11) is 1.85. The molecule has 0 aliphatic rings. The predicted octanol–water partition coefficient (Wildman–Crippen LogP) is 2.83. The molecule has 0 aliphatic carbocycles. The van der Waals surface area contributed by atoms with Crippen LogP contribution in [0.5, 0.6) is 0 Å². The number of nitrogens with zero attached hydrogens (tertiary/aromatic N) is 2. The summed E-state index contributed by atoms with van der Waals surface area (Å²) >= 11 is 6.36. The average molecular weight is 311 g/mol. The molecule has 1 heterocycles. The summed E-state index contributed by atoms with van der Waals surface area (Å²) in [6.45, 7) is 3.94. The van der Waals surface area contributed by atoms with Gasteiger partial charge in [-0.1, -0.05) is 24.6 Å².